The van der Waals surface area contributed by atoms with Gasteiger partial charge in [-0.2, -0.15) is 0 Å². The maximum atomic E-state index is 13.7. The maximum Gasteiger partial charge on any atom is 0.322 e. The van der Waals surface area contributed by atoms with Crippen molar-refractivity contribution in [1.82, 2.24) is 15.0 Å². The third-order valence-corrected chi connectivity index (χ3v) is 10.9. The van der Waals surface area contributed by atoms with Crippen molar-refractivity contribution in [2.24, 2.45) is 5.92 Å². The Morgan fingerprint density at radius 1 is 1.00 bits per heavy atom. The number of likely N-dealkylation sites (tertiary alicyclic amines) is 1. The largest absolute Gasteiger partial charge is 0.373 e. The van der Waals surface area contributed by atoms with E-state index in [4.69, 9.17) is 32.5 Å². The minimum Gasteiger partial charge on any atom is -0.373 e. The summed E-state index contributed by atoms with van der Waals surface area (Å²) in [5.41, 5.74) is 4.31. The van der Waals surface area contributed by atoms with Crippen LogP contribution in [0.15, 0.2) is 47.0 Å². The van der Waals surface area contributed by atoms with Gasteiger partial charge in [-0.05, 0) is 86.6 Å². The summed E-state index contributed by atoms with van der Waals surface area (Å²) >= 11 is 13.1. The lowest BCUT2D eigenvalue weighted by Crippen LogP contribution is -2.51. The first-order valence-corrected chi connectivity index (χ1v) is 17.0. The molecule has 4 atom stereocenters. The van der Waals surface area contributed by atoms with Gasteiger partial charge >= 0.3 is 6.03 Å². The summed E-state index contributed by atoms with van der Waals surface area (Å²) in [5, 5.41) is 8.69. The Morgan fingerprint density at radius 3 is 2.42 bits per heavy atom. The first-order valence-electron chi connectivity index (χ1n) is 16.3. The number of rotatable bonds is 7. The van der Waals surface area contributed by atoms with Crippen molar-refractivity contribution in [2.75, 3.05) is 18.4 Å². The van der Waals surface area contributed by atoms with Crippen LogP contribution in [-0.4, -0.2) is 58.2 Å². The number of carbonyl (C=O) groups is 2. The number of ether oxygens (including phenoxy) is 1. The second kappa shape index (κ2) is 12.6. The predicted molar refractivity (Wildman–Crippen MR) is 175 cm³/mol. The SMILES string of the molecule is CC(=O)N1CCC(c2cccc(NC(=O)N3C4C[C@H](OCc5c(-c6c(Cl)cccc6Cl)noc5C5CC5)CC3[C@H](C)C4)c2)CC1. The van der Waals surface area contributed by atoms with E-state index in [0.717, 1.165) is 75.0 Å². The van der Waals surface area contributed by atoms with E-state index >= 15 is 0 Å². The average Bonchev–Trinajstić information content (AvgIpc) is 3.75. The second-order valence-corrected chi connectivity index (χ2v) is 14.1. The van der Waals surface area contributed by atoms with Crippen molar-refractivity contribution in [3.05, 3.63) is 69.4 Å². The molecule has 7 rings (SSSR count). The monoisotopic (exact) mass is 650 g/mol. The van der Waals surface area contributed by atoms with Crippen LogP contribution in [-0.2, 0) is 16.1 Å². The van der Waals surface area contributed by atoms with Gasteiger partial charge in [0.1, 0.15) is 11.5 Å². The normalized spacial score (nSPS) is 25.1. The number of anilines is 1. The van der Waals surface area contributed by atoms with Gasteiger partial charge in [0.05, 0.1) is 22.8 Å². The molecule has 2 bridgehead atoms. The molecule has 3 aliphatic heterocycles. The number of hydrogen-bond acceptors (Lipinski definition) is 5. The number of piperidine rings is 2. The minimum atomic E-state index is -0.0398. The summed E-state index contributed by atoms with van der Waals surface area (Å²) in [6.07, 6.45) is 6.60. The number of aromatic nitrogens is 1. The van der Waals surface area contributed by atoms with Crippen LogP contribution in [0.5, 0.6) is 0 Å². The average molecular weight is 652 g/mol. The summed E-state index contributed by atoms with van der Waals surface area (Å²) < 4.78 is 12.4. The zero-order chi connectivity index (χ0) is 31.2. The van der Waals surface area contributed by atoms with Gasteiger partial charge < -0.3 is 24.4 Å². The Labute approximate surface area is 274 Å². The van der Waals surface area contributed by atoms with Crippen LogP contribution in [0, 0.1) is 5.92 Å². The van der Waals surface area contributed by atoms with Crippen molar-refractivity contribution < 1.29 is 18.8 Å². The Morgan fingerprint density at radius 2 is 1.73 bits per heavy atom. The van der Waals surface area contributed by atoms with E-state index in [-0.39, 0.29) is 30.1 Å². The number of urea groups is 1. The van der Waals surface area contributed by atoms with E-state index < -0.39 is 0 Å². The molecule has 0 radical (unpaired) electrons. The lowest BCUT2D eigenvalue weighted by atomic mass is 9.89. The van der Waals surface area contributed by atoms with Crippen molar-refractivity contribution >= 4 is 40.8 Å². The highest BCUT2D eigenvalue weighted by Crippen LogP contribution is 2.47. The minimum absolute atomic E-state index is 0.0229. The molecule has 3 amide bonds. The molecule has 4 fully saturated rings. The van der Waals surface area contributed by atoms with E-state index in [9.17, 15) is 9.59 Å². The Bertz CT molecular complexity index is 1560. The standard InChI is InChI=1S/C35H40Cl2N4O4/c1-20-15-26-17-27(44-19-28-33(39-45-34(28)23-9-10-23)32-29(36)7-4-8-30(32)37)18-31(20)41(26)35(43)38-25-6-3-5-24(16-25)22-11-13-40(14-12-22)21(2)42/h3-8,16,20,22-23,26-27,31H,9-15,17-19H2,1-2H3,(H,38,43)/t20-,26?,27+,31?/m1/s1. The van der Waals surface area contributed by atoms with Crippen LogP contribution in [0.2, 0.25) is 10.0 Å². The van der Waals surface area contributed by atoms with E-state index in [1.165, 1.54) is 5.56 Å². The maximum absolute atomic E-state index is 13.7. The zero-order valence-corrected chi connectivity index (χ0v) is 27.3. The fourth-order valence-electron chi connectivity index (χ4n) is 7.76. The van der Waals surface area contributed by atoms with Gasteiger partial charge in [-0.25, -0.2) is 4.79 Å². The van der Waals surface area contributed by atoms with Gasteiger partial charge in [-0.3, -0.25) is 4.79 Å². The molecule has 45 heavy (non-hydrogen) atoms. The molecule has 2 aromatic carbocycles. The van der Waals surface area contributed by atoms with Crippen LogP contribution in [0.1, 0.15) is 87.5 Å². The zero-order valence-electron chi connectivity index (χ0n) is 25.8. The number of fused-ring (bicyclic) bond motifs is 2. The fraction of sp³-hybridized carbons (Fsp3) is 0.514. The number of nitrogens with one attached hydrogen (secondary N) is 1. The highest BCUT2D eigenvalue weighted by Gasteiger charge is 2.48. The Kier molecular flexibility index (Phi) is 8.57. The molecule has 1 saturated carbocycles. The molecule has 10 heteroatoms. The molecule has 1 aromatic heterocycles. The molecule has 3 saturated heterocycles. The van der Waals surface area contributed by atoms with Crippen LogP contribution >= 0.6 is 23.2 Å². The quantitative estimate of drug-likeness (QED) is 0.278. The van der Waals surface area contributed by atoms with E-state index in [1.54, 1.807) is 6.92 Å². The van der Waals surface area contributed by atoms with Crippen LogP contribution in [0.4, 0.5) is 10.5 Å². The number of benzene rings is 2. The molecular weight excluding hydrogens is 611 g/mol. The third kappa shape index (κ3) is 6.21. The van der Waals surface area contributed by atoms with Crippen molar-refractivity contribution in [3.63, 3.8) is 0 Å². The van der Waals surface area contributed by atoms with Crippen LogP contribution < -0.4 is 5.32 Å². The van der Waals surface area contributed by atoms with Gasteiger partial charge in [0.2, 0.25) is 5.91 Å². The number of nitrogens with zero attached hydrogens (tertiary/aromatic N) is 3. The lowest BCUT2D eigenvalue weighted by Gasteiger charge is -2.39. The lowest BCUT2D eigenvalue weighted by molar-refractivity contribution is -0.129. The highest BCUT2D eigenvalue weighted by molar-refractivity contribution is 6.39. The number of hydrogen-bond donors (Lipinski definition) is 1. The summed E-state index contributed by atoms with van der Waals surface area (Å²) in [7, 11) is 0. The molecule has 3 aromatic rings. The molecule has 4 aliphatic rings. The third-order valence-electron chi connectivity index (χ3n) is 10.3. The fourth-order valence-corrected chi connectivity index (χ4v) is 8.33. The van der Waals surface area contributed by atoms with Gasteiger partial charge in [0.15, 0.2) is 0 Å². The summed E-state index contributed by atoms with van der Waals surface area (Å²) in [4.78, 5) is 29.4. The molecule has 238 valence electrons. The molecule has 8 nitrogen and oxygen atoms in total. The molecule has 4 heterocycles. The van der Waals surface area contributed by atoms with Gasteiger partial charge in [0.25, 0.3) is 0 Å². The molecular formula is C35H40Cl2N4O4. The first kappa shape index (κ1) is 30.6. The highest BCUT2D eigenvalue weighted by atomic mass is 35.5. The van der Waals surface area contributed by atoms with E-state index in [0.29, 0.717) is 45.7 Å². The van der Waals surface area contributed by atoms with Crippen LogP contribution in [0.25, 0.3) is 11.3 Å². The smallest absolute Gasteiger partial charge is 0.322 e. The molecule has 1 aliphatic carbocycles. The van der Waals surface area contributed by atoms with Gasteiger partial charge in [0, 0.05) is 54.8 Å². The molecule has 0 spiro atoms. The molecule has 2 unspecified atom stereocenters. The summed E-state index contributed by atoms with van der Waals surface area (Å²) in [5.74, 6) is 2.16. The number of carbonyl (C=O) groups excluding carboxylic acids is 2. The number of amides is 3. The van der Waals surface area contributed by atoms with Crippen molar-refractivity contribution in [2.45, 2.75) is 95.4 Å². The van der Waals surface area contributed by atoms with Crippen LogP contribution in [0.3, 0.4) is 0 Å². The summed E-state index contributed by atoms with van der Waals surface area (Å²) in [6.45, 7) is 5.81. The number of halogens is 2. The predicted octanol–water partition coefficient (Wildman–Crippen LogP) is 8.24. The second-order valence-electron chi connectivity index (χ2n) is 13.3. The summed E-state index contributed by atoms with van der Waals surface area (Å²) in [6, 6.07) is 13.9. The Balaban J connectivity index is 1.01. The van der Waals surface area contributed by atoms with Gasteiger partial charge in [-0.1, -0.05) is 53.5 Å². The Hall–Kier alpha value is -3.07. The van der Waals surface area contributed by atoms with Crippen molar-refractivity contribution in [1.29, 1.82) is 0 Å². The topological polar surface area (TPSA) is 87.9 Å². The van der Waals surface area contributed by atoms with E-state index in [2.05, 4.69) is 34.4 Å². The van der Waals surface area contributed by atoms with E-state index in [1.807, 2.05) is 35.2 Å². The molecule has 1 N–H and O–H groups in total. The first-order chi connectivity index (χ1) is 21.8. The van der Waals surface area contributed by atoms with Gasteiger partial charge in [-0.15, -0.1) is 0 Å². The van der Waals surface area contributed by atoms with Crippen molar-refractivity contribution in [3.8, 4) is 11.3 Å².